The Hall–Kier alpha value is -6.08. The fourth-order valence-corrected chi connectivity index (χ4v) is 8.20. The number of carbonyl (C=O) groups excluding carboxylic acids is 10. The minimum Gasteiger partial charge on any atom is -0.368 e. The molecule has 4 fully saturated rings. The van der Waals surface area contributed by atoms with E-state index in [1.807, 2.05) is 30.3 Å². The second-order valence-electron chi connectivity index (χ2n) is 15.9. The zero-order valence-electron chi connectivity index (χ0n) is 35.4. The Kier molecular flexibility index (Phi) is 17.1. The number of nitrogens with zero attached hydrogens (tertiary/aromatic N) is 4. The Morgan fingerprint density at radius 1 is 0.574 bits per heavy atom. The standard InChI is InChI=1S/C23H31N5O5.C18H29N5O5/c1-15(29)27-11-5-9-18(27)22(32)25-14-20(30)28-12-6-10-19(28)23(33)26-17(21(24)31)13-16-7-3-2-4-8-16;1-10(15(19)25)20-17(27)14-7-5-9-23(14)18(28)11(2)21-16(26)13-6-4-8-22(13)12(3)24/h2-4,7-8,17-19H,5-6,9-14H2,1H3,(H2,24,31)(H,25,32)(H,26,33);10-11,13-14H,4-9H2,1-3H3,(H2,19,25)(H,20,27)(H,21,26)/t17-,18-,19-;10-,11-,13-,14-/m00/s1. The Labute approximate surface area is 355 Å². The van der Waals surface area contributed by atoms with Crippen LogP contribution in [0.25, 0.3) is 0 Å². The Morgan fingerprint density at radius 2 is 1.00 bits per heavy atom. The fourth-order valence-electron chi connectivity index (χ4n) is 8.20. The van der Waals surface area contributed by atoms with Crippen LogP contribution in [-0.4, -0.2) is 154 Å². The quantitative estimate of drug-likeness (QED) is 0.118. The molecule has 0 saturated carbocycles. The maximum Gasteiger partial charge on any atom is 0.245 e. The number of hydrogen-bond acceptors (Lipinski definition) is 10. The number of amides is 10. The lowest BCUT2D eigenvalue weighted by atomic mass is 10.0. The molecule has 4 heterocycles. The molecule has 0 unspecified atom stereocenters. The fraction of sp³-hybridized carbons (Fsp3) is 0.610. The highest BCUT2D eigenvalue weighted by Gasteiger charge is 2.40. The van der Waals surface area contributed by atoms with Crippen LogP contribution in [0.4, 0.5) is 0 Å². The Balaban J connectivity index is 0.000000272. The molecular formula is C41H60N10O10. The molecule has 0 aliphatic carbocycles. The van der Waals surface area contributed by atoms with Crippen molar-refractivity contribution in [1.29, 1.82) is 0 Å². The van der Waals surface area contributed by atoms with Crippen LogP contribution in [-0.2, 0) is 54.4 Å². The summed E-state index contributed by atoms with van der Waals surface area (Å²) in [5, 5.41) is 10.5. The largest absolute Gasteiger partial charge is 0.368 e. The molecule has 0 aromatic heterocycles. The lowest BCUT2D eigenvalue weighted by Gasteiger charge is -2.29. The lowest BCUT2D eigenvalue weighted by Crippen LogP contribution is -2.56. The lowest BCUT2D eigenvalue weighted by molar-refractivity contribution is -0.143. The van der Waals surface area contributed by atoms with E-state index in [-0.39, 0.29) is 48.4 Å². The molecule has 0 radical (unpaired) electrons. The van der Waals surface area contributed by atoms with E-state index in [9.17, 15) is 47.9 Å². The highest BCUT2D eigenvalue weighted by molar-refractivity contribution is 5.96. The molecule has 10 amide bonds. The van der Waals surface area contributed by atoms with Gasteiger partial charge in [0.15, 0.2) is 0 Å². The summed E-state index contributed by atoms with van der Waals surface area (Å²) >= 11 is 0. The first-order chi connectivity index (χ1) is 28.9. The van der Waals surface area contributed by atoms with Gasteiger partial charge < -0.3 is 52.3 Å². The third-order valence-electron chi connectivity index (χ3n) is 11.5. The molecule has 1 aromatic rings. The predicted molar refractivity (Wildman–Crippen MR) is 219 cm³/mol. The van der Waals surface area contributed by atoms with Crippen LogP contribution in [0.5, 0.6) is 0 Å². The van der Waals surface area contributed by atoms with Crippen LogP contribution < -0.4 is 32.7 Å². The molecule has 5 rings (SSSR count). The molecule has 61 heavy (non-hydrogen) atoms. The van der Waals surface area contributed by atoms with Crippen molar-refractivity contribution < 1.29 is 47.9 Å². The van der Waals surface area contributed by atoms with E-state index in [0.717, 1.165) is 18.4 Å². The van der Waals surface area contributed by atoms with E-state index in [0.29, 0.717) is 64.7 Å². The van der Waals surface area contributed by atoms with Gasteiger partial charge in [-0.2, -0.15) is 0 Å². The summed E-state index contributed by atoms with van der Waals surface area (Å²) in [6.45, 7) is 7.46. The van der Waals surface area contributed by atoms with Crippen molar-refractivity contribution >= 4 is 59.1 Å². The first-order valence-electron chi connectivity index (χ1n) is 20.9. The number of hydrogen-bond donors (Lipinski definition) is 6. The van der Waals surface area contributed by atoms with E-state index >= 15 is 0 Å². The molecule has 7 atom stereocenters. The summed E-state index contributed by atoms with van der Waals surface area (Å²) in [7, 11) is 0. The topological polar surface area (TPSA) is 284 Å². The normalized spacial score (nSPS) is 22.2. The van der Waals surface area contributed by atoms with Crippen molar-refractivity contribution in [2.45, 2.75) is 128 Å². The zero-order valence-corrected chi connectivity index (χ0v) is 35.4. The number of rotatable bonds is 14. The summed E-state index contributed by atoms with van der Waals surface area (Å²) in [6.07, 6.45) is 5.08. The van der Waals surface area contributed by atoms with Crippen LogP contribution in [0, 0.1) is 0 Å². The van der Waals surface area contributed by atoms with Crippen LogP contribution in [0.1, 0.15) is 84.6 Å². The zero-order chi connectivity index (χ0) is 45.0. The van der Waals surface area contributed by atoms with E-state index in [1.54, 1.807) is 6.92 Å². The summed E-state index contributed by atoms with van der Waals surface area (Å²) < 4.78 is 0. The molecule has 0 bridgehead atoms. The van der Waals surface area contributed by atoms with Crippen LogP contribution in [0.15, 0.2) is 30.3 Å². The van der Waals surface area contributed by atoms with Crippen LogP contribution in [0.3, 0.4) is 0 Å². The van der Waals surface area contributed by atoms with Gasteiger partial charge in [-0.1, -0.05) is 30.3 Å². The summed E-state index contributed by atoms with van der Waals surface area (Å²) in [6, 6.07) is 4.09. The number of primary amides is 2. The van der Waals surface area contributed by atoms with Gasteiger partial charge in [-0.25, -0.2) is 0 Å². The summed E-state index contributed by atoms with van der Waals surface area (Å²) in [5.74, 6) is -4.01. The molecule has 1 aromatic carbocycles. The molecule has 4 aliphatic heterocycles. The van der Waals surface area contributed by atoms with Gasteiger partial charge >= 0.3 is 0 Å². The van der Waals surface area contributed by atoms with Crippen LogP contribution >= 0.6 is 0 Å². The van der Waals surface area contributed by atoms with Crippen LogP contribution in [0.2, 0.25) is 0 Å². The number of carbonyl (C=O) groups is 10. The van der Waals surface area contributed by atoms with Gasteiger partial charge in [-0.15, -0.1) is 0 Å². The van der Waals surface area contributed by atoms with E-state index < -0.39 is 65.9 Å². The highest BCUT2D eigenvalue weighted by atomic mass is 16.2. The molecule has 334 valence electrons. The number of benzene rings is 1. The van der Waals surface area contributed by atoms with Gasteiger partial charge in [0.25, 0.3) is 0 Å². The van der Waals surface area contributed by atoms with E-state index in [4.69, 9.17) is 11.5 Å². The summed E-state index contributed by atoms with van der Waals surface area (Å²) in [4.78, 5) is 128. The van der Waals surface area contributed by atoms with Gasteiger partial charge in [0.1, 0.15) is 42.3 Å². The average molecular weight is 853 g/mol. The van der Waals surface area contributed by atoms with Crippen molar-refractivity contribution in [2.24, 2.45) is 11.5 Å². The van der Waals surface area contributed by atoms with Crippen molar-refractivity contribution in [1.82, 2.24) is 40.9 Å². The maximum absolute atomic E-state index is 12.9. The van der Waals surface area contributed by atoms with Crippen molar-refractivity contribution in [3.05, 3.63) is 35.9 Å². The first kappa shape index (κ1) is 47.6. The molecule has 20 nitrogen and oxygen atoms in total. The van der Waals surface area contributed by atoms with E-state index in [2.05, 4.69) is 21.3 Å². The highest BCUT2D eigenvalue weighted by Crippen LogP contribution is 2.22. The molecule has 0 spiro atoms. The second-order valence-corrected chi connectivity index (χ2v) is 15.9. The first-order valence-corrected chi connectivity index (χ1v) is 20.9. The minimum absolute atomic E-state index is 0.170. The van der Waals surface area contributed by atoms with Gasteiger partial charge in [0, 0.05) is 46.4 Å². The third kappa shape index (κ3) is 12.7. The number of likely N-dealkylation sites (tertiary alicyclic amines) is 4. The molecule has 4 saturated heterocycles. The third-order valence-corrected chi connectivity index (χ3v) is 11.5. The van der Waals surface area contributed by atoms with E-state index in [1.165, 1.54) is 40.4 Å². The Bertz CT molecular complexity index is 1830. The number of nitrogens with two attached hydrogens (primary N) is 2. The van der Waals surface area contributed by atoms with Crippen molar-refractivity contribution in [3.63, 3.8) is 0 Å². The van der Waals surface area contributed by atoms with Gasteiger partial charge in [0.05, 0.1) is 6.54 Å². The average Bonchev–Trinajstić information content (AvgIpc) is 4.06. The molecule has 4 aliphatic rings. The smallest absolute Gasteiger partial charge is 0.245 e. The van der Waals surface area contributed by atoms with Gasteiger partial charge in [-0.3, -0.25) is 47.9 Å². The minimum atomic E-state index is -0.892. The molecule has 8 N–H and O–H groups in total. The number of nitrogens with one attached hydrogen (secondary N) is 4. The second kappa shape index (κ2) is 22.0. The molecule has 20 heteroatoms. The Morgan fingerprint density at radius 3 is 1.49 bits per heavy atom. The summed E-state index contributed by atoms with van der Waals surface area (Å²) in [5.41, 5.74) is 11.5. The maximum atomic E-state index is 12.9. The monoisotopic (exact) mass is 852 g/mol. The molecular weight excluding hydrogens is 793 g/mol. The van der Waals surface area contributed by atoms with Gasteiger partial charge in [0.2, 0.25) is 59.1 Å². The van der Waals surface area contributed by atoms with Crippen molar-refractivity contribution in [3.8, 4) is 0 Å². The van der Waals surface area contributed by atoms with Crippen molar-refractivity contribution in [2.75, 3.05) is 32.7 Å². The van der Waals surface area contributed by atoms with Gasteiger partial charge in [-0.05, 0) is 70.8 Å². The predicted octanol–water partition coefficient (Wildman–Crippen LogP) is -2.20. The SMILES string of the molecule is CC(=O)N1CCC[C@H]1C(=O)NCC(=O)N1CCC[C@H]1C(=O)N[C@@H](Cc1ccccc1)C(N)=O.CC(=O)N1CCC[C@H]1C(=O)N[C@@H](C)C(=O)N1CCC[C@H]1C(=O)N[C@@H](C)C(N)=O.